The maximum absolute atomic E-state index is 8.81. The average Bonchev–Trinajstić information content (AvgIpc) is 3.65. The van der Waals surface area contributed by atoms with Crippen LogP contribution in [0, 0.1) is 27.7 Å². The minimum absolute atomic E-state index is 0.124. The quantitative estimate of drug-likeness (QED) is 0.133. The Hall–Kier alpha value is -1.96. The summed E-state index contributed by atoms with van der Waals surface area (Å²) in [6, 6.07) is 27.4. The third-order valence-electron chi connectivity index (χ3n) is 11.9. The second kappa shape index (κ2) is 14.0. The van der Waals surface area contributed by atoms with Crippen molar-refractivity contribution in [3.05, 3.63) is 128 Å². The summed E-state index contributed by atoms with van der Waals surface area (Å²) in [5.74, 6) is -1.64. The van der Waals surface area contributed by atoms with Crippen LogP contribution in [0.3, 0.4) is 0 Å². The molecule has 0 fully saturated rings. The van der Waals surface area contributed by atoms with Gasteiger partial charge in [-0.3, -0.25) is 0 Å². The fourth-order valence-corrected chi connectivity index (χ4v) is 40.3. The summed E-state index contributed by atoms with van der Waals surface area (Å²) in [5, 5.41) is 0. The zero-order chi connectivity index (χ0) is 34.4. The van der Waals surface area contributed by atoms with Crippen molar-refractivity contribution in [1.29, 1.82) is 0 Å². The summed E-state index contributed by atoms with van der Waals surface area (Å²) in [7, 11) is 17.6. The van der Waals surface area contributed by atoms with Crippen molar-refractivity contribution in [2.75, 3.05) is 0 Å². The second-order valence-corrected chi connectivity index (χ2v) is 57.5. The minimum atomic E-state index is -4.86. The predicted molar refractivity (Wildman–Crippen MR) is 214 cm³/mol. The second-order valence-electron chi connectivity index (χ2n) is 15.0. The van der Waals surface area contributed by atoms with Gasteiger partial charge >= 0.3 is 302 Å². The molecular formula is C44H53Cl2SiZr. The zero-order valence-electron chi connectivity index (χ0n) is 30.3. The fourth-order valence-electron chi connectivity index (χ4n) is 8.81. The summed E-state index contributed by atoms with van der Waals surface area (Å²) >= 11 is -4.86. The van der Waals surface area contributed by atoms with Gasteiger partial charge in [-0.25, -0.2) is 0 Å². The molecule has 0 aliphatic heterocycles. The van der Waals surface area contributed by atoms with Gasteiger partial charge in [0.25, 0.3) is 0 Å². The number of hydrogen-bond acceptors (Lipinski definition) is 0. The van der Waals surface area contributed by atoms with Crippen LogP contribution in [0.15, 0.2) is 83.9 Å². The number of unbranched alkanes of at least 4 members (excludes halogenated alkanes) is 2. The summed E-state index contributed by atoms with van der Waals surface area (Å²) in [5.41, 5.74) is 19.2. The van der Waals surface area contributed by atoms with E-state index in [1.807, 2.05) is 0 Å². The van der Waals surface area contributed by atoms with E-state index >= 15 is 0 Å². The van der Waals surface area contributed by atoms with Gasteiger partial charge in [-0.15, -0.1) is 0 Å². The van der Waals surface area contributed by atoms with E-state index < -0.39 is 21.5 Å². The van der Waals surface area contributed by atoms with Crippen molar-refractivity contribution >= 4 is 35.1 Å². The molecule has 0 spiro atoms. The van der Waals surface area contributed by atoms with Crippen molar-refractivity contribution in [3.8, 4) is 22.3 Å². The van der Waals surface area contributed by atoms with Gasteiger partial charge in [-0.1, -0.05) is 0 Å². The molecule has 0 aromatic heterocycles. The van der Waals surface area contributed by atoms with Crippen molar-refractivity contribution in [2.24, 2.45) is 0 Å². The number of allylic oxidation sites excluding steroid dienone is 2. The van der Waals surface area contributed by atoms with Crippen LogP contribution >= 0.6 is 17.0 Å². The molecule has 4 heteroatoms. The van der Waals surface area contributed by atoms with Gasteiger partial charge in [0.05, 0.1) is 0 Å². The van der Waals surface area contributed by atoms with Crippen molar-refractivity contribution in [2.45, 2.75) is 100 Å². The van der Waals surface area contributed by atoms with Crippen LogP contribution in [0.4, 0.5) is 0 Å². The molecule has 0 saturated carbocycles. The first-order valence-electron chi connectivity index (χ1n) is 18.3. The van der Waals surface area contributed by atoms with Crippen LogP contribution in [-0.4, -0.2) is 5.92 Å². The van der Waals surface area contributed by atoms with Crippen LogP contribution in [0.2, 0.25) is 13.1 Å². The molecule has 2 atom stereocenters. The molecule has 6 rings (SSSR count). The zero-order valence-corrected chi connectivity index (χ0v) is 35.4. The first kappa shape index (κ1) is 35.9. The van der Waals surface area contributed by atoms with E-state index in [1.54, 1.807) is 0 Å². The van der Waals surface area contributed by atoms with E-state index in [4.69, 9.17) is 17.0 Å². The molecule has 2 aliphatic carbocycles. The van der Waals surface area contributed by atoms with E-state index in [0.717, 1.165) is 38.5 Å². The molecule has 251 valence electrons. The molecule has 0 N–H and O–H groups in total. The molecule has 0 nitrogen and oxygen atoms in total. The third-order valence-corrected chi connectivity index (χ3v) is 63.8. The number of aryl methyl sites for hydroxylation is 2. The molecule has 0 bridgehead atoms. The molecule has 0 heterocycles. The van der Waals surface area contributed by atoms with Gasteiger partial charge in [0.15, 0.2) is 0 Å². The molecule has 0 saturated heterocycles. The van der Waals surface area contributed by atoms with Crippen molar-refractivity contribution in [1.82, 2.24) is 0 Å². The third kappa shape index (κ3) is 5.86. The van der Waals surface area contributed by atoms with Crippen LogP contribution in [-0.2, 0) is 15.6 Å². The number of halogens is 2. The molecule has 4 aromatic rings. The van der Waals surface area contributed by atoms with Crippen LogP contribution in [0.5, 0.6) is 0 Å². The van der Waals surface area contributed by atoms with E-state index in [2.05, 4.69) is 140 Å². The van der Waals surface area contributed by atoms with Gasteiger partial charge in [0.2, 0.25) is 0 Å². The topological polar surface area (TPSA) is 0 Å². The van der Waals surface area contributed by atoms with E-state index in [9.17, 15) is 0 Å². The van der Waals surface area contributed by atoms with Gasteiger partial charge in [-0.05, 0) is 0 Å². The number of fused-ring (bicyclic) bond motifs is 2. The Balaban J connectivity index is 1.62. The molecule has 0 amide bonds. The van der Waals surface area contributed by atoms with Gasteiger partial charge < -0.3 is 0 Å². The molecule has 0 radical (unpaired) electrons. The molecule has 2 unspecified atom stereocenters. The summed E-state index contributed by atoms with van der Waals surface area (Å²) < 4.78 is 0.247. The van der Waals surface area contributed by atoms with E-state index in [0.29, 0.717) is 0 Å². The van der Waals surface area contributed by atoms with Gasteiger partial charge in [0, 0.05) is 0 Å². The fraction of sp³-hybridized carbons (Fsp3) is 0.364. The first-order chi connectivity index (χ1) is 22.9. The van der Waals surface area contributed by atoms with Crippen LogP contribution in [0.25, 0.3) is 34.4 Å². The summed E-state index contributed by atoms with van der Waals surface area (Å²) in [6.07, 6.45) is 11.8. The molecular weight excluding hydrogens is 719 g/mol. The number of hydrogen-bond donors (Lipinski definition) is 0. The summed E-state index contributed by atoms with van der Waals surface area (Å²) in [4.78, 5) is 0. The predicted octanol–water partition coefficient (Wildman–Crippen LogP) is 14.2. The van der Waals surface area contributed by atoms with Gasteiger partial charge in [-0.2, -0.15) is 0 Å². The Morgan fingerprint density at radius 2 is 0.938 bits per heavy atom. The molecule has 2 aliphatic rings. The first-order valence-corrected chi connectivity index (χ1v) is 34.6. The average molecular weight is 772 g/mol. The number of rotatable bonds is 11. The van der Waals surface area contributed by atoms with Gasteiger partial charge in [0.1, 0.15) is 0 Å². The van der Waals surface area contributed by atoms with E-state index in [1.165, 1.54) is 77.9 Å². The standard InChI is InChI=1S/2C21H23.C2H7Si.2ClH.Zr/c2*1-4-5-9-17-13-18-10-7-12-20(21(18)14-17)19-11-6-8-15(2)16(19)3;1-3-2;;;/h2*6-8,10-14H,4-5,9H2,1-3H3;3H,1-2H3;2*1H;/q;;;;;+2/p-2. The maximum atomic E-state index is 8.81. The van der Waals surface area contributed by atoms with Crippen LogP contribution in [0.1, 0.15) is 104 Å². The SMILES string of the molecule is CCCCC1=Cc2c(-c3cccc(C)c3C)cccc2[CH]1[Zr]([Cl])([Cl])([CH]1C(CCCC)=Cc2c(-c3cccc(C)c3C)cccc21)[SiH](C)C. The normalized spacial score (nSPS) is 17.9. The Bertz CT molecular complexity index is 1800. The Labute approximate surface area is 299 Å². The van der Waals surface area contributed by atoms with E-state index in [-0.39, 0.29) is 7.25 Å². The Kier molecular flexibility index (Phi) is 10.4. The van der Waals surface area contributed by atoms with Crippen molar-refractivity contribution in [3.63, 3.8) is 0 Å². The molecule has 48 heavy (non-hydrogen) atoms. The monoisotopic (exact) mass is 769 g/mol. The Morgan fingerprint density at radius 3 is 1.31 bits per heavy atom. The Morgan fingerprint density at radius 1 is 0.562 bits per heavy atom. The summed E-state index contributed by atoms with van der Waals surface area (Å²) in [6.45, 7) is 18.6. The number of benzene rings is 4. The molecule has 4 aromatic carbocycles. The van der Waals surface area contributed by atoms with Crippen LogP contribution < -0.4 is 0 Å². The van der Waals surface area contributed by atoms with Crippen molar-refractivity contribution < 1.29 is 15.6 Å².